The third kappa shape index (κ3) is 1.52. The molecule has 0 aliphatic heterocycles. The molecule has 0 heterocycles. The van der Waals surface area contributed by atoms with Crippen LogP contribution >= 0.6 is 0 Å². The zero-order valence-electron chi connectivity index (χ0n) is 6.89. The third-order valence-electron chi connectivity index (χ3n) is 1.87. The lowest BCUT2D eigenvalue weighted by molar-refractivity contribution is 0.281. The Balaban J connectivity index is 3.24. The van der Waals surface area contributed by atoms with Gasteiger partial charge < -0.3 is 10.8 Å². The fourth-order valence-electron chi connectivity index (χ4n) is 1.13. The Morgan fingerprint density at radius 3 is 2.55 bits per heavy atom. The molecule has 1 rings (SSSR count). The molecule has 0 unspecified atom stereocenters. The van der Waals surface area contributed by atoms with Crippen LogP contribution in [0.25, 0.3) is 0 Å². The van der Waals surface area contributed by atoms with Crippen LogP contribution in [0, 0.1) is 13.8 Å². The molecule has 1 aromatic rings. The van der Waals surface area contributed by atoms with Crippen molar-refractivity contribution >= 4 is 5.69 Å². The molecule has 2 heteroatoms. The van der Waals surface area contributed by atoms with E-state index in [2.05, 4.69) is 0 Å². The molecule has 0 aliphatic carbocycles. The predicted molar refractivity (Wildman–Crippen MR) is 46.3 cm³/mol. The largest absolute Gasteiger partial charge is 0.398 e. The summed E-state index contributed by atoms with van der Waals surface area (Å²) in [5, 5.41) is 8.91. The van der Waals surface area contributed by atoms with Crippen molar-refractivity contribution in [3.05, 3.63) is 28.8 Å². The smallest absolute Gasteiger partial charge is 0.0685 e. The van der Waals surface area contributed by atoms with Gasteiger partial charge in [0.2, 0.25) is 0 Å². The van der Waals surface area contributed by atoms with Gasteiger partial charge >= 0.3 is 0 Å². The molecule has 0 saturated heterocycles. The molecular weight excluding hydrogens is 138 g/mol. The molecule has 0 spiro atoms. The normalized spacial score (nSPS) is 10.1. The third-order valence-corrected chi connectivity index (χ3v) is 1.87. The number of hydrogen-bond donors (Lipinski definition) is 2. The number of benzene rings is 1. The van der Waals surface area contributed by atoms with Gasteiger partial charge in [-0.15, -0.1) is 0 Å². The van der Waals surface area contributed by atoms with E-state index in [-0.39, 0.29) is 6.61 Å². The van der Waals surface area contributed by atoms with Crippen LogP contribution in [0.5, 0.6) is 0 Å². The first-order valence-electron chi connectivity index (χ1n) is 3.61. The van der Waals surface area contributed by atoms with Crippen LogP contribution in [-0.2, 0) is 6.61 Å². The lowest BCUT2D eigenvalue weighted by Gasteiger charge is -2.06. The number of aryl methyl sites for hydroxylation is 1. The highest BCUT2D eigenvalue weighted by atomic mass is 16.3. The summed E-state index contributed by atoms with van der Waals surface area (Å²) in [5.41, 5.74) is 9.44. The molecule has 0 amide bonds. The molecule has 3 N–H and O–H groups in total. The van der Waals surface area contributed by atoms with Crippen molar-refractivity contribution in [3.63, 3.8) is 0 Å². The maximum atomic E-state index is 8.91. The average molecular weight is 151 g/mol. The van der Waals surface area contributed by atoms with E-state index in [9.17, 15) is 0 Å². The van der Waals surface area contributed by atoms with Crippen molar-refractivity contribution in [2.75, 3.05) is 5.73 Å². The molecule has 0 aliphatic rings. The lowest BCUT2D eigenvalue weighted by atomic mass is 10.0. The zero-order valence-corrected chi connectivity index (χ0v) is 6.89. The monoisotopic (exact) mass is 151 g/mol. The highest BCUT2D eigenvalue weighted by molar-refractivity contribution is 5.52. The Kier molecular flexibility index (Phi) is 2.15. The van der Waals surface area contributed by atoms with Gasteiger partial charge in [0.25, 0.3) is 0 Å². The Bertz CT molecular complexity index is 269. The van der Waals surface area contributed by atoms with Gasteiger partial charge in [-0.1, -0.05) is 6.07 Å². The molecule has 11 heavy (non-hydrogen) atoms. The Labute approximate surface area is 66.7 Å². The summed E-state index contributed by atoms with van der Waals surface area (Å²) in [6.07, 6.45) is 0. The molecule has 60 valence electrons. The van der Waals surface area contributed by atoms with E-state index in [4.69, 9.17) is 10.8 Å². The molecule has 0 aromatic heterocycles. The van der Waals surface area contributed by atoms with Gasteiger partial charge in [-0.3, -0.25) is 0 Å². The second-order valence-electron chi connectivity index (χ2n) is 2.80. The van der Waals surface area contributed by atoms with Crippen LogP contribution in [-0.4, -0.2) is 5.11 Å². The van der Waals surface area contributed by atoms with E-state index in [0.717, 1.165) is 22.4 Å². The van der Waals surface area contributed by atoms with Gasteiger partial charge in [0.15, 0.2) is 0 Å². The highest BCUT2D eigenvalue weighted by Gasteiger charge is 2.00. The first kappa shape index (κ1) is 8.08. The van der Waals surface area contributed by atoms with Gasteiger partial charge in [0, 0.05) is 5.69 Å². The molecular formula is C9H13NO. The van der Waals surface area contributed by atoms with Crippen molar-refractivity contribution < 1.29 is 5.11 Å². The molecule has 0 saturated carbocycles. The Morgan fingerprint density at radius 2 is 2.00 bits per heavy atom. The molecule has 0 atom stereocenters. The summed E-state index contributed by atoms with van der Waals surface area (Å²) < 4.78 is 0. The van der Waals surface area contributed by atoms with Gasteiger partial charge in [0.1, 0.15) is 0 Å². The van der Waals surface area contributed by atoms with Crippen LogP contribution in [0.15, 0.2) is 12.1 Å². The fraction of sp³-hybridized carbons (Fsp3) is 0.333. The topological polar surface area (TPSA) is 46.2 Å². The van der Waals surface area contributed by atoms with Crippen LogP contribution in [0.1, 0.15) is 16.7 Å². The maximum absolute atomic E-state index is 8.91. The van der Waals surface area contributed by atoms with Gasteiger partial charge in [-0.05, 0) is 36.6 Å². The molecule has 1 aromatic carbocycles. The van der Waals surface area contributed by atoms with Gasteiger partial charge in [0.05, 0.1) is 6.61 Å². The van der Waals surface area contributed by atoms with E-state index in [1.54, 1.807) is 0 Å². The fourth-order valence-corrected chi connectivity index (χ4v) is 1.13. The van der Waals surface area contributed by atoms with E-state index in [1.165, 1.54) is 0 Å². The second kappa shape index (κ2) is 2.93. The van der Waals surface area contributed by atoms with Crippen LogP contribution in [0.2, 0.25) is 0 Å². The molecule has 0 fully saturated rings. The van der Waals surface area contributed by atoms with E-state index in [0.29, 0.717) is 0 Å². The summed E-state index contributed by atoms with van der Waals surface area (Å²) >= 11 is 0. The highest BCUT2D eigenvalue weighted by Crippen LogP contribution is 2.18. The van der Waals surface area contributed by atoms with Gasteiger partial charge in [-0.2, -0.15) is 0 Å². The first-order chi connectivity index (χ1) is 5.15. The number of hydrogen-bond acceptors (Lipinski definition) is 2. The standard InChI is InChI=1S/C9H13NO/c1-6-3-8(5-11)7(2)9(10)4-6/h3-4,11H,5,10H2,1-2H3. The molecule has 0 bridgehead atoms. The maximum Gasteiger partial charge on any atom is 0.0685 e. The number of nitrogens with two attached hydrogens (primary N) is 1. The Morgan fingerprint density at radius 1 is 1.36 bits per heavy atom. The first-order valence-corrected chi connectivity index (χ1v) is 3.61. The van der Waals surface area contributed by atoms with Crippen LogP contribution < -0.4 is 5.73 Å². The van der Waals surface area contributed by atoms with Crippen molar-refractivity contribution in [2.24, 2.45) is 0 Å². The van der Waals surface area contributed by atoms with Crippen molar-refractivity contribution in [1.29, 1.82) is 0 Å². The number of aliphatic hydroxyl groups is 1. The second-order valence-corrected chi connectivity index (χ2v) is 2.80. The SMILES string of the molecule is Cc1cc(N)c(C)c(CO)c1. The zero-order chi connectivity index (χ0) is 8.43. The molecule has 2 nitrogen and oxygen atoms in total. The number of aliphatic hydroxyl groups excluding tert-OH is 1. The summed E-state index contributed by atoms with van der Waals surface area (Å²) in [6.45, 7) is 3.95. The van der Waals surface area contributed by atoms with Crippen LogP contribution in [0.3, 0.4) is 0 Å². The average Bonchev–Trinajstić information content (AvgIpc) is 1.96. The molecule has 0 radical (unpaired) electrons. The van der Waals surface area contributed by atoms with E-state index < -0.39 is 0 Å². The van der Waals surface area contributed by atoms with Crippen molar-refractivity contribution in [2.45, 2.75) is 20.5 Å². The minimum Gasteiger partial charge on any atom is -0.398 e. The van der Waals surface area contributed by atoms with Gasteiger partial charge in [-0.25, -0.2) is 0 Å². The number of nitrogen functional groups attached to an aromatic ring is 1. The van der Waals surface area contributed by atoms with E-state index >= 15 is 0 Å². The van der Waals surface area contributed by atoms with Crippen molar-refractivity contribution in [3.8, 4) is 0 Å². The summed E-state index contributed by atoms with van der Waals surface area (Å²) in [5.74, 6) is 0. The minimum atomic E-state index is 0.0672. The number of anilines is 1. The summed E-state index contributed by atoms with van der Waals surface area (Å²) in [7, 11) is 0. The van der Waals surface area contributed by atoms with E-state index in [1.807, 2.05) is 26.0 Å². The minimum absolute atomic E-state index is 0.0672. The Hall–Kier alpha value is -1.02. The quantitative estimate of drug-likeness (QED) is 0.595. The lowest BCUT2D eigenvalue weighted by Crippen LogP contribution is -1.96. The predicted octanol–water partition coefficient (Wildman–Crippen LogP) is 1.38. The summed E-state index contributed by atoms with van der Waals surface area (Å²) in [4.78, 5) is 0. The number of rotatable bonds is 1. The van der Waals surface area contributed by atoms with Crippen molar-refractivity contribution in [1.82, 2.24) is 0 Å². The van der Waals surface area contributed by atoms with Crippen LogP contribution in [0.4, 0.5) is 5.69 Å². The summed E-state index contributed by atoms with van der Waals surface area (Å²) in [6, 6.07) is 3.86.